The zero-order chi connectivity index (χ0) is 19.6. The van der Waals surface area contributed by atoms with Crippen LogP contribution in [-0.4, -0.2) is 24.5 Å². The molecule has 0 spiro atoms. The Morgan fingerprint density at radius 2 is 1.77 bits per heavy atom. The third kappa shape index (κ3) is 9.05. The molecule has 0 saturated heterocycles. The first-order chi connectivity index (χ1) is 12.2. The summed E-state index contributed by atoms with van der Waals surface area (Å²) in [6.07, 6.45) is 4.09. The van der Waals surface area contributed by atoms with E-state index in [1.165, 1.54) is 16.3 Å². The maximum atomic E-state index is 8.89. The Bertz CT molecular complexity index is 795. The second kappa shape index (κ2) is 10.4. The topological polar surface area (TPSA) is 43.4 Å². The van der Waals surface area contributed by atoms with E-state index in [0.717, 1.165) is 20.0 Å². The summed E-state index contributed by atoms with van der Waals surface area (Å²) in [7, 11) is 2.14. The number of carboxylic acids is 1. The van der Waals surface area contributed by atoms with E-state index in [1.54, 1.807) is 0 Å². The van der Waals surface area contributed by atoms with Crippen LogP contribution in [0.5, 0.6) is 0 Å². The van der Waals surface area contributed by atoms with Gasteiger partial charge < -0.3 is 9.90 Å². The van der Waals surface area contributed by atoms with E-state index in [1.807, 2.05) is 6.08 Å². The largest absolute Gasteiger partial charge is 0.550 e. The van der Waals surface area contributed by atoms with Crippen molar-refractivity contribution >= 4 is 16.7 Å². The summed E-state index contributed by atoms with van der Waals surface area (Å²) in [6.45, 7) is 9.20. The summed E-state index contributed by atoms with van der Waals surface area (Å²) < 4.78 is 0. The number of likely N-dealkylation sites (N-methyl/N-ethyl adjacent to an activating group) is 1. The van der Waals surface area contributed by atoms with E-state index < -0.39 is 5.97 Å². The highest BCUT2D eigenvalue weighted by Crippen LogP contribution is 2.19. The Balaban J connectivity index is 0.000000765. The van der Waals surface area contributed by atoms with E-state index in [4.69, 9.17) is 9.90 Å². The number of hydrogen-bond donors (Lipinski definition) is 0. The standard InChI is InChI=1S/C21H25N.C2H4O2/c1-21(2,3)15-8-5-9-16-22(4)17-19-13-10-12-18-11-6-7-14-20(18)19;1-2(3)4/h5-7,9-14H,16-17H2,1-4H3;1H3,(H,3,4)/p-1/b9-5+;. The van der Waals surface area contributed by atoms with Crippen molar-refractivity contribution in [2.75, 3.05) is 13.6 Å². The van der Waals surface area contributed by atoms with E-state index in [2.05, 4.69) is 93.1 Å². The first-order valence-corrected chi connectivity index (χ1v) is 8.69. The predicted molar refractivity (Wildman–Crippen MR) is 107 cm³/mol. The SMILES string of the molecule is CC(=O)[O-].CN(C/C=C/C#CC(C)(C)C)Cc1cccc2ccccc12. The molecule has 0 aliphatic heterocycles. The smallest absolute Gasteiger partial charge is 0.0383 e. The molecular formula is C23H28NO2-. The fourth-order valence-corrected chi connectivity index (χ4v) is 2.34. The van der Waals surface area contributed by atoms with Gasteiger partial charge in [-0.15, -0.1) is 0 Å². The van der Waals surface area contributed by atoms with Crippen molar-refractivity contribution in [1.82, 2.24) is 4.90 Å². The van der Waals surface area contributed by atoms with Crippen LogP contribution in [-0.2, 0) is 11.3 Å². The lowest BCUT2D eigenvalue weighted by Crippen LogP contribution is -2.17. The van der Waals surface area contributed by atoms with Crippen LogP contribution < -0.4 is 5.11 Å². The van der Waals surface area contributed by atoms with E-state index >= 15 is 0 Å². The van der Waals surface area contributed by atoms with Crippen LogP contribution in [0.15, 0.2) is 54.6 Å². The van der Waals surface area contributed by atoms with Gasteiger partial charge in [0.15, 0.2) is 0 Å². The number of carbonyl (C=O) groups excluding carboxylic acids is 1. The maximum Gasteiger partial charge on any atom is 0.0383 e. The summed E-state index contributed by atoms with van der Waals surface area (Å²) in [4.78, 5) is 11.2. The number of carboxylic acid groups (broad SMARTS) is 1. The number of allylic oxidation sites excluding steroid dienone is 1. The molecule has 2 aromatic carbocycles. The predicted octanol–water partition coefficient (Wildman–Crippen LogP) is 3.63. The molecule has 0 atom stereocenters. The molecule has 0 aromatic heterocycles. The molecule has 0 bridgehead atoms. The average molecular weight is 350 g/mol. The molecule has 0 aliphatic rings. The second-order valence-electron chi connectivity index (χ2n) is 7.25. The minimum Gasteiger partial charge on any atom is -0.550 e. The highest BCUT2D eigenvalue weighted by atomic mass is 16.4. The highest BCUT2D eigenvalue weighted by Gasteiger charge is 2.03. The Labute approximate surface area is 157 Å². The Morgan fingerprint density at radius 3 is 2.42 bits per heavy atom. The molecule has 26 heavy (non-hydrogen) atoms. The van der Waals surface area contributed by atoms with Crippen molar-refractivity contribution in [1.29, 1.82) is 0 Å². The van der Waals surface area contributed by atoms with Crippen LogP contribution >= 0.6 is 0 Å². The van der Waals surface area contributed by atoms with Gasteiger partial charge in [-0.1, -0.05) is 60.4 Å². The molecule has 3 nitrogen and oxygen atoms in total. The molecule has 0 unspecified atom stereocenters. The normalized spacial score (nSPS) is 11.0. The molecule has 0 heterocycles. The lowest BCUT2D eigenvalue weighted by Gasteiger charge is -2.15. The molecule has 0 saturated carbocycles. The average Bonchev–Trinajstić information content (AvgIpc) is 2.53. The van der Waals surface area contributed by atoms with Gasteiger partial charge in [-0.3, -0.25) is 4.90 Å². The molecule has 138 valence electrons. The molecule has 0 fully saturated rings. The number of aliphatic carboxylic acids is 1. The molecule has 0 amide bonds. The monoisotopic (exact) mass is 350 g/mol. The summed E-state index contributed by atoms with van der Waals surface area (Å²) in [5.41, 5.74) is 1.44. The summed E-state index contributed by atoms with van der Waals surface area (Å²) >= 11 is 0. The Hall–Kier alpha value is -2.57. The number of fused-ring (bicyclic) bond motifs is 1. The fourth-order valence-electron chi connectivity index (χ4n) is 2.34. The van der Waals surface area contributed by atoms with Gasteiger partial charge in [0, 0.05) is 24.5 Å². The van der Waals surface area contributed by atoms with Gasteiger partial charge in [0.2, 0.25) is 0 Å². The zero-order valence-electron chi connectivity index (χ0n) is 16.4. The zero-order valence-corrected chi connectivity index (χ0v) is 16.4. The molecule has 2 rings (SSSR count). The lowest BCUT2D eigenvalue weighted by molar-refractivity contribution is -0.302. The van der Waals surface area contributed by atoms with Gasteiger partial charge in [0.1, 0.15) is 0 Å². The third-order valence-electron chi connectivity index (χ3n) is 3.39. The van der Waals surface area contributed by atoms with Gasteiger partial charge in [-0.2, -0.15) is 0 Å². The van der Waals surface area contributed by atoms with Crippen molar-refractivity contribution in [3.63, 3.8) is 0 Å². The van der Waals surface area contributed by atoms with Crippen molar-refractivity contribution in [2.45, 2.75) is 34.2 Å². The molecule has 0 N–H and O–H groups in total. The maximum absolute atomic E-state index is 8.89. The quantitative estimate of drug-likeness (QED) is 0.791. The summed E-state index contributed by atoms with van der Waals surface area (Å²) in [5.74, 6) is 5.25. The van der Waals surface area contributed by atoms with Crippen LogP contribution in [0.2, 0.25) is 0 Å². The Morgan fingerprint density at radius 1 is 1.15 bits per heavy atom. The first kappa shape index (κ1) is 21.5. The number of hydrogen-bond acceptors (Lipinski definition) is 3. The van der Waals surface area contributed by atoms with Crippen molar-refractivity contribution in [3.05, 3.63) is 60.2 Å². The molecular weight excluding hydrogens is 322 g/mol. The molecule has 2 aromatic rings. The molecule has 3 heteroatoms. The minimum atomic E-state index is -1.08. The Kier molecular flexibility index (Phi) is 8.61. The van der Waals surface area contributed by atoms with E-state index in [9.17, 15) is 0 Å². The highest BCUT2D eigenvalue weighted by molar-refractivity contribution is 5.85. The van der Waals surface area contributed by atoms with Crippen LogP contribution in [0.4, 0.5) is 0 Å². The van der Waals surface area contributed by atoms with Crippen molar-refractivity contribution in [2.24, 2.45) is 5.41 Å². The first-order valence-electron chi connectivity index (χ1n) is 8.69. The van der Waals surface area contributed by atoms with Crippen LogP contribution in [0.1, 0.15) is 33.3 Å². The van der Waals surface area contributed by atoms with Crippen LogP contribution in [0.25, 0.3) is 10.8 Å². The number of rotatable bonds is 4. The van der Waals surface area contributed by atoms with Gasteiger partial charge >= 0.3 is 0 Å². The molecule has 0 radical (unpaired) electrons. The van der Waals surface area contributed by atoms with Gasteiger partial charge in [0.05, 0.1) is 0 Å². The van der Waals surface area contributed by atoms with Gasteiger partial charge in [0.25, 0.3) is 0 Å². The lowest BCUT2D eigenvalue weighted by atomic mass is 9.98. The number of carbonyl (C=O) groups is 1. The van der Waals surface area contributed by atoms with E-state index in [0.29, 0.717) is 0 Å². The minimum absolute atomic E-state index is 0.0686. The van der Waals surface area contributed by atoms with Gasteiger partial charge in [-0.05, 0) is 57.2 Å². The van der Waals surface area contributed by atoms with Crippen LogP contribution in [0.3, 0.4) is 0 Å². The van der Waals surface area contributed by atoms with E-state index in [-0.39, 0.29) is 5.41 Å². The number of benzene rings is 2. The summed E-state index contributed by atoms with van der Waals surface area (Å²) in [5, 5.41) is 11.5. The second-order valence-corrected chi connectivity index (χ2v) is 7.25. The van der Waals surface area contributed by atoms with Gasteiger partial charge in [-0.25, -0.2) is 0 Å². The molecule has 0 aliphatic carbocycles. The third-order valence-corrected chi connectivity index (χ3v) is 3.39. The van der Waals surface area contributed by atoms with Crippen molar-refractivity contribution < 1.29 is 9.90 Å². The number of nitrogens with zero attached hydrogens (tertiary/aromatic N) is 1. The van der Waals surface area contributed by atoms with Crippen LogP contribution in [0, 0.1) is 17.3 Å². The summed E-state index contributed by atoms with van der Waals surface area (Å²) in [6, 6.07) is 15.1. The van der Waals surface area contributed by atoms with Crippen molar-refractivity contribution in [3.8, 4) is 11.8 Å². The fraction of sp³-hybridized carbons (Fsp3) is 0.348.